The first kappa shape index (κ1) is 21.7. The lowest BCUT2D eigenvalue weighted by molar-refractivity contribution is -0.132. The van der Waals surface area contributed by atoms with Crippen LogP contribution in [0.3, 0.4) is 0 Å². The van der Waals surface area contributed by atoms with Crippen molar-refractivity contribution in [3.8, 4) is 5.75 Å². The van der Waals surface area contributed by atoms with Gasteiger partial charge in [-0.05, 0) is 38.2 Å². The fourth-order valence-electron chi connectivity index (χ4n) is 3.13. The minimum Gasteiger partial charge on any atom is -0.494 e. The van der Waals surface area contributed by atoms with Gasteiger partial charge in [0.1, 0.15) is 11.9 Å². The third-order valence-corrected chi connectivity index (χ3v) is 4.28. The first-order valence-electron chi connectivity index (χ1n) is 8.92. The molecule has 0 radical (unpaired) electrons. The number of hydrogen-bond donors (Lipinski definition) is 2. The molecule has 1 amide bonds. The summed E-state index contributed by atoms with van der Waals surface area (Å²) in [6.45, 7) is 7.33. The van der Waals surface area contributed by atoms with Gasteiger partial charge in [0.2, 0.25) is 5.91 Å². The lowest BCUT2D eigenvalue weighted by Gasteiger charge is -2.25. The van der Waals surface area contributed by atoms with Gasteiger partial charge in [-0.15, -0.1) is 12.4 Å². The standard InChI is InChI=1S/C19H30N2O3.ClH/c1-4-23-17-8-6-5-7-15(17)16(11-13(2)3)21-19(22)18-10-9-14(12-20)24-18;/h5-8,13-14,16,18H,4,9-12,20H2,1-3H3,(H,21,22);1H/t14-,16?,18+;/m1./s1. The van der Waals surface area contributed by atoms with E-state index in [0.717, 1.165) is 30.6 Å². The van der Waals surface area contributed by atoms with Gasteiger partial charge in [0.15, 0.2) is 0 Å². The van der Waals surface area contributed by atoms with Gasteiger partial charge in [-0.25, -0.2) is 0 Å². The number of carbonyl (C=O) groups excluding carboxylic acids is 1. The van der Waals surface area contributed by atoms with Crippen LogP contribution >= 0.6 is 12.4 Å². The molecule has 2 rings (SSSR count). The molecule has 5 nitrogen and oxygen atoms in total. The number of amides is 1. The summed E-state index contributed by atoms with van der Waals surface area (Å²) in [7, 11) is 0. The maximum absolute atomic E-state index is 12.6. The highest BCUT2D eigenvalue weighted by molar-refractivity contribution is 5.85. The molecule has 1 saturated heterocycles. The minimum atomic E-state index is -0.396. The second-order valence-corrected chi connectivity index (χ2v) is 6.72. The molecule has 0 bridgehead atoms. The Hall–Kier alpha value is -1.30. The second-order valence-electron chi connectivity index (χ2n) is 6.72. The summed E-state index contributed by atoms with van der Waals surface area (Å²) in [6, 6.07) is 7.83. The summed E-state index contributed by atoms with van der Waals surface area (Å²) in [5.74, 6) is 1.23. The predicted octanol–water partition coefficient (Wildman–Crippen LogP) is 3.22. The zero-order chi connectivity index (χ0) is 17.5. The van der Waals surface area contributed by atoms with Crippen LogP contribution in [0.1, 0.15) is 51.6 Å². The molecule has 1 aromatic carbocycles. The Morgan fingerprint density at radius 1 is 1.36 bits per heavy atom. The Bertz CT molecular complexity index is 539. The van der Waals surface area contributed by atoms with E-state index in [1.807, 2.05) is 31.2 Å². The van der Waals surface area contributed by atoms with Crippen molar-refractivity contribution in [1.82, 2.24) is 5.32 Å². The maximum Gasteiger partial charge on any atom is 0.249 e. The van der Waals surface area contributed by atoms with E-state index < -0.39 is 6.10 Å². The van der Waals surface area contributed by atoms with E-state index in [1.54, 1.807) is 0 Å². The molecule has 1 unspecified atom stereocenters. The van der Waals surface area contributed by atoms with Crippen LogP contribution in [0, 0.1) is 5.92 Å². The van der Waals surface area contributed by atoms with Crippen molar-refractivity contribution in [1.29, 1.82) is 0 Å². The molecule has 1 aliphatic rings. The molecule has 1 fully saturated rings. The van der Waals surface area contributed by atoms with E-state index in [0.29, 0.717) is 19.1 Å². The van der Waals surface area contributed by atoms with Gasteiger partial charge in [-0.3, -0.25) is 4.79 Å². The molecule has 3 atom stereocenters. The lowest BCUT2D eigenvalue weighted by Crippen LogP contribution is -2.38. The maximum atomic E-state index is 12.6. The van der Waals surface area contributed by atoms with E-state index in [9.17, 15) is 4.79 Å². The molecule has 3 N–H and O–H groups in total. The number of halogens is 1. The highest BCUT2D eigenvalue weighted by atomic mass is 35.5. The number of carbonyl (C=O) groups is 1. The zero-order valence-electron chi connectivity index (χ0n) is 15.4. The Morgan fingerprint density at radius 2 is 2.08 bits per heavy atom. The lowest BCUT2D eigenvalue weighted by atomic mass is 9.96. The second kappa shape index (κ2) is 10.6. The van der Waals surface area contributed by atoms with Crippen LogP contribution in [0.4, 0.5) is 0 Å². The number of para-hydroxylation sites is 1. The number of benzene rings is 1. The molecule has 0 spiro atoms. The van der Waals surface area contributed by atoms with Gasteiger partial charge < -0.3 is 20.5 Å². The van der Waals surface area contributed by atoms with Crippen LogP contribution < -0.4 is 15.8 Å². The van der Waals surface area contributed by atoms with Crippen LogP contribution in [0.25, 0.3) is 0 Å². The quantitative estimate of drug-likeness (QED) is 0.736. The Balaban J connectivity index is 0.00000312. The van der Waals surface area contributed by atoms with Gasteiger partial charge in [0.05, 0.1) is 18.8 Å². The molecule has 25 heavy (non-hydrogen) atoms. The molecule has 0 aromatic heterocycles. The van der Waals surface area contributed by atoms with Crippen molar-refractivity contribution in [3.05, 3.63) is 29.8 Å². The van der Waals surface area contributed by atoms with E-state index >= 15 is 0 Å². The predicted molar refractivity (Wildman–Crippen MR) is 102 cm³/mol. The van der Waals surface area contributed by atoms with Crippen molar-refractivity contribution in [2.24, 2.45) is 11.7 Å². The highest BCUT2D eigenvalue weighted by Crippen LogP contribution is 2.30. The molecular formula is C19H31ClN2O3. The molecule has 0 saturated carbocycles. The number of hydrogen-bond acceptors (Lipinski definition) is 4. The van der Waals surface area contributed by atoms with Crippen LogP contribution in [-0.4, -0.2) is 31.3 Å². The van der Waals surface area contributed by atoms with E-state index in [2.05, 4.69) is 19.2 Å². The Kier molecular flexibility index (Phi) is 9.25. The molecule has 1 aliphatic heterocycles. The van der Waals surface area contributed by atoms with Crippen LogP contribution in [0.15, 0.2) is 24.3 Å². The molecular weight excluding hydrogens is 340 g/mol. The SMILES string of the molecule is CCOc1ccccc1C(CC(C)C)NC(=O)[C@@H]1CC[C@H](CN)O1.Cl. The number of ether oxygens (including phenoxy) is 2. The summed E-state index contributed by atoms with van der Waals surface area (Å²) >= 11 is 0. The number of nitrogens with one attached hydrogen (secondary N) is 1. The topological polar surface area (TPSA) is 73.6 Å². The Labute approximate surface area is 157 Å². The first-order valence-corrected chi connectivity index (χ1v) is 8.92. The first-order chi connectivity index (χ1) is 11.5. The van der Waals surface area contributed by atoms with Crippen molar-refractivity contribution >= 4 is 18.3 Å². The molecule has 0 aliphatic carbocycles. The molecule has 1 heterocycles. The van der Waals surface area contributed by atoms with Gasteiger partial charge in [0, 0.05) is 12.1 Å². The van der Waals surface area contributed by atoms with E-state index in [-0.39, 0.29) is 30.5 Å². The van der Waals surface area contributed by atoms with E-state index in [1.165, 1.54) is 0 Å². The summed E-state index contributed by atoms with van der Waals surface area (Å²) in [5.41, 5.74) is 6.66. The average Bonchev–Trinajstić information content (AvgIpc) is 3.04. The fraction of sp³-hybridized carbons (Fsp3) is 0.632. The summed E-state index contributed by atoms with van der Waals surface area (Å²) in [4.78, 5) is 12.6. The third-order valence-electron chi connectivity index (χ3n) is 4.28. The van der Waals surface area contributed by atoms with Gasteiger partial charge in [0.25, 0.3) is 0 Å². The molecule has 6 heteroatoms. The molecule has 142 valence electrons. The number of nitrogens with two attached hydrogens (primary N) is 1. The monoisotopic (exact) mass is 370 g/mol. The normalized spacial score (nSPS) is 20.8. The molecule has 1 aromatic rings. The van der Waals surface area contributed by atoms with Gasteiger partial charge in [-0.2, -0.15) is 0 Å². The van der Waals surface area contributed by atoms with E-state index in [4.69, 9.17) is 15.2 Å². The smallest absolute Gasteiger partial charge is 0.249 e. The summed E-state index contributed by atoms with van der Waals surface area (Å²) < 4.78 is 11.5. The van der Waals surface area contributed by atoms with Crippen LogP contribution in [-0.2, 0) is 9.53 Å². The zero-order valence-corrected chi connectivity index (χ0v) is 16.2. The summed E-state index contributed by atoms with van der Waals surface area (Å²) in [6.07, 6.45) is 2.03. The fourth-order valence-corrected chi connectivity index (χ4v) is 3.13. The average molecular weight is 371 g/mol. The third kappa shape index (κ3) is 6.17. The van der Waals surface area contributed by atoms with Crippen molar-refractivity contribution in [3.63, 3.8) is 0 Å². The van der Waals surface area contributed by atoms with Crippen molar-refractivity contribution < 1.29 is 14.3 Å². The Morgan fingerprint density at radius 3 is 2.68 bits per heavy atom. The van der Waals surface area contributed by atoms with Crippen LogP contribution in [0.2, 0.25) is 0 Å². The largest absolute Gasteiger partial charge is 0.494 e. The van der Waals surface area contributed by atoms with Crippen LogP contribution in [0.5, 0.6) is 5.75 Å². The minimum absolute atomic E-state index is 0. The summed E-state index contributed by atoms with van der Waals surface area (Å²) in [5, 5.41) is 3.17. The van der Waals surface area contributed by atoms with Crippen molar-refractivity contribution in [2.75, 3.05) is 13.2 Å². The number of rotatable bonds is 8. The van der Waals surface area contributed by atoms with Gasteiger partial charge in [-0.1, -0.05) is 32.0 Å². The highest BCUT2D eigenvalue weighted by Gasteiger charge is 2.31. The van der Waals surface area contributed by atoms with Gasteiger partial charge >= 0.3 is 0 Å². The van der Waals surface area contributed by atoms with Crippen molar-refractivity contribution in [2.45, 2.75) is 58.3 Å².